The van der Waals surface area contributed by atoms with Crippen LogP contribution in [0, 0.1) is 5.41 Å². The number of hydrogen-bond donors (Lipinski definition) is 0. The standard InChI is InChI=1S/C13H21.2ClH.Hf/c1-6-7-8-12-9-13(4,5)11(3)10(12)2;;;/h6-8H2,1-5H3;2*1H;/q;;;+2/p-2. The predicted octanol–water partition coefficient (Wildman–Crippen LogP) is -1.64. The molecular formula is C13H21Cl2Hf. The first-order valence-corrected chi connectivity index (χ1v) is 7.36. The van der Waals surface area contributed by atoms with Gasteiger partial charge in [0.25, 0.3) is 0 Å². The molecule has 0 aromatic rings. The summed E-state index contributed by atoms with van der Waals surface area (Å²) in [5, 5.41) is 0. The Hall–Kier alpha value is 0.930. The summed E-state index contributed by atoms with van der Waals surface area (Å²) in [4.78, 5) is 0. The van der Waals surface area contributed by atoms with Crippen LogP contribution < -0.4 is 24.8 Å². The Bertz CT molecular complexity index is 301. The first-order valence-electron chi connectivity index (χ1n) is 5.56. The molecule has 16 heavy (non-hydrogen) atoms. The van der Waals surface area contributed by atoms with Gasteiger partial charge in [-0.05, 0) is 0 Å². The molecule has 1 aliphatic rings. The molecule has 0 N–H and O–H groups in total. The van der Waals surface area contributed by atoms with Crippen molar-refractivity contribution in [3.8, 4) is 0 Å². The minimum Gasteiger partial charge on any atom is -1.00 e. The quantitative estimate of drug-likeness (QED) is 0.475. The van der Waals surface area contributed by atoms with Gasteiger partial charge in [0.15, 0.2) is 0 Å². The molecule has 0 saturated carbocycles. The van der Waals surface area contributed by atoms with Gasteiger partial charge in [-0.15, -0.1) is 0 Å². The Morgan fingerprint density at radius 1 is 1.12 bits per heavy atom. The summed E-state index contributed by atoms with van der Waals surface area (Å²) in [5.74, 6) is 0. The summed E-state index contributed by atoms with van der Waals surface area (Å²) in [6, 6.07) is 0. The molecule has 0 aliphatic heterocycles. The molecule has 3 heteroatoms. The van der Waals surface area contributed by atoms with Gasteiger partial charge in [0.2, 0.25) is 0 Å². The van der Waals surface area contributed by atoms with Crippen LogP contribution in [0.25, 0.3) is 0 Å². The SMILES string of the molecule is CCCCC1=[C]([Hf+2])C(C)(C)C(C)=C1C.[Cl-].[Cl-]. The minimum absolute atomic E-state index is 0. The van der Waals surface area contributed by atoms with E-state index < -0.39 is 0 Å². The molecule has 91 valence electrons. The number of allylic oxidation sites excluding steroid dienone is 4. The summed E-state index contributed by atoms with van der Waals surface area (Å²) >= 11 is 1.23. The van der Waals surface area contributed by atoms with E-state index in [2.05, 4.69) is 34.6 Å². The van der Waals surface area contributed by atoms with E-state index in [-0.39, 0.29) is 24.8 Å². The van der Waals surface area contributed by atoms with Gasteiger partial charge in [-0.2, -0.15) is 0 Å². The molecule has 0 aromatic carbocycles. The number of hydrogen-bond acceptors (Lipinski definition) is 0. The van der Waals surface area contributed by atoms with Gasteiger partial charge < -0.3 is 24.8 Å². The number of halogens is 2. The molecule has 0 unspecified atom stereocenters. The van der Waals surface area contributed by atoms with Crippen molar-refractivity contribution in [1.29, 1.82) is 0 Å². The fourth-order valence-electron chi connectivity index (χ4n) is 2.11. The van der Waals surface area contributed by atoms with Crippen LogP contribution in [0.15, 0.2) is 20.0 Å². The van der Waals surface area contributed by atoms with Crippen molar-refractivity contribution in [2.75, 3.05) is 0 Å². The van der Waals surface area contributed by atoms with Crippen LogP contribution in [-0.4, -0.2) is 0 Å². The van der Waals surface area contributed by atoms with Crippen molar-refractivity contribution in [2.24, 2.45) is 5.41 Å². The van der Waals surface area contributed by atoms with Crippen LogP contribution >= 0.6 is 0 Å². The Morgan fingerprint density at radius 2 is 1.62 bits per heavy atom. The van der Waals surface area contributed by atoms with Crippen LogP contribution in [0.5, 0.6) is 0 Å². The molecule has 1 aliphatic carbocycles. The Kier molecular flexibility index (Phi) is 8.89. The maximum absolute atomic E-state index is 2.38. The molecule has 0 fully saturated rings. The van der Waals surface area contributed by atoms with E-state index in [9.17, 15) is 0 Å². The molecule has 0 amide bonds. The number of unbranched alkanes of at least 4 members (excludes halogenated alkanes) is 1. The zero-order valence-electron chi connectivity index (χ0n) is 10.9. The van der Waals surface area contributed by atoms with Gasteiger partial charge in [0, 0.05) is 0 Å². The molecule has 0 spiro atoms. The molecular weight excluding hydrogens is 406 g/mol. The van der Waals surface area contributed by atoms with E-state index in [1.807, 2.05) is 0 Å². The molecule has 0 atom stereocenters. The largest absolute Gasteiger partial charge is 1.00 e. The van der Waals surface area contributed by atoms with E-state index in [0.29, 0.717) is 5.41 Å². The minimum atomic E-state index is 0. The number of rotatable bonds is 3. The first kappa shape index (κ1) is 19.3. The van der Waals surface area contributed by atoms with Crippen molar-refractivity contribution in [1.82, 2.24) is 0 Å². The van der Waals surface area contributed by atoms with Crippen molar-refractivity contribution < 1.29 is 49.2 Å². The molecule has 0 aromatic heterocycles. The third-order valence-corrected chi connectivity index (χ3v) is 6.99. The second kappa shape index (κ2) is 7.38. The molecule has 0 heterocycles. The van der Waals surface area contributed by atoms with Crippen LogP contribution in [0.4, 0.5) is 0 Å². The van der Waals surface area contributed by atoms with Crippen LogP contribution in [0.3, 0.4) is 0 Å². The van der Waals surface area contributed by atoms with Gasteiger partial charge in [-0.25, -0.2) is 0 Å². The van der Waals surface area contributed by atoms with E-state index in [0.717, 1.165) is 0 Å². The fourth-order valence-corrected chi connectivity index (χ4v) is 3.91. The van der Waals surface area contributed by atoms with Gasteiger partial charge in [-0.3, -0.25) is 0 Å². The fraction of sp³-hybridized carbons (Fsp3) is 0.692. The van der Waals surface area contributed by atoms with Gasteiger partial charge in [0.05, 0.1) is 0 Å². The Morgan fingerprint density at radius 3 is 1.94 bits per heavy atom. The van der Waals surface area contributed by atoms with E-state index in [1.165, 1.54) is 43.6 Å². The summed E-state index contributed by atoms with van der Waals surface area (Å²) in [6.07, 6.45) is 3.97. The zero-order valence-corrected chi connectivity index (χ0v) is 16.0. The summed E-state index contributed by atoms with van der Waals surface area (Å²) in [7, 11) is 0. The van der Waals surface area contributed by atoms with E-state index >= 15 is 0 Å². The van der Waals surface area contributed by atoms with Crippen LogP contribution in [-0.2, 0) is 24.4 Å². The Balaban J connectivity index is 0. The Labute approximate surface area is 128 Å². The average molecular weight is 427 g/mol. The van der Waals surface area contributed by atoms with E-state index in [4.69, 9.17) is 0 Å². The summed E-state index contributed by atoms with van der Waals surface area (Å²) < 4.78 is 1.74. The first-order chi connectivity index (χ1) is 6.42. The van der Waals surface area contributed by atoms with Crippen LogP contribution in [0.1, 0.15) is 53.9 Å². The van der Waals surface area contributed by atoms with Gasteiger partial charge in [-0.1, -0.05) is 0 Å². The van der Waals surface area contributed by atoms with Crippen molar-refractivity contribution in [3.05, 3.63) is 20.0 Å². The predicted molar refractivity (Wildman–Crippen MR) is 58.7 cm³/mol. The monoisotopic (exact) mass is 427 g/mol. The van der Waals surface area contributed by atoms with Crippen molar-refractivity contribution in [3.63, 3.8) is 0 Å². The van der Waals surface area contributed by atoms with Crippen molar-refractivity contribution >= 4 is 0 Å². The zero-order chi connectivity index (χ0) is 10.9. The molecule has 0 bridgehead atoms. The molecule has 0 saturated heterocycles. The third-order valence-electron chi connectivity index (χ3n) is 3.66. The average Bonchev–Trinajstić information content (AvgIpc) is 2.28. The topological polar surface area (TPSA) is 0 Å². The molecule has 0 radical (unpaired) electrons. The van der Waals surface area contributed by atoms with Gasteiger partial charge in [0.1, 0.15) is 0 Å². The van der Waals surface area contributed by atoms with Crippen LogP contribution in [0.2, 0.25) is 0 Å². The van der Waals surface area contributed by atoms with Gasteiger partial charge >= 0.3 is 104 Å². The third kappa shape index (κ3) is 3.46. The second-order valence-electron chi connectivity index (χ2n) is 4.83. The smallest absolute Gasteiger partial charge is 1.00 e. The molecule has 0 nitrogen and oxygen atoms in total. The maximum atomic E-state index is 2.38. The normalized spacial score (nSPS) is 18.4. The molecule has 1 rings (SSSR count). The van der Waals surface area contributed by atoms with Crippen molar-refractivity contribution in [2.45, 2.75) is 53.9 Å². The second-order valence-corrected chi connectivity index (χ2v) is 6.63. The van der Waals surface area contributed by atoms with E-state index in [1.54, 1.807) is 20.0 Å². The summed E-state index contributed by atoms with van der Waals surface area (Å²) in [5.41, 5.74) is 5.27. The summed E-state index contributed by atoms with van der Waals surface area (Å²) in [6.45, 7) is 11.7. The maximum Gasteiger partial charge on any atom is -1.00 e.